The van der Waals surface area contributed by atoms with Crippen molar-refractivity contribution in [2.75, 3.05) is 0 Å². The maximum atomic E-state index is 14.8. The van der Waals surface area contributed by atoms with Crippen LogP contribution in [0.1, 0.15) is 25.1 Å². The number of hydrogen-bond acceptors (Lipinski definition) is 3. The molecule has 0 unspecified atom stereocenters. The number of rotatable bonds is 3. The van der Waals surface area contributed by atoms with Gasteiger partial charge in [0.25, 0.3) is 0 Å². The first-order valence-electron chi connectivity index (χ1n) is 7.53. The van der Waals surface area contributed by atoms with Crippen LogP contribution in [-0.2, 0) is 5.60 Å². The minimum atomic E-state index is -1.48. The average Bonchev–Trinajstić information content (AvgIpc) is 2.50. The molecule has 2 aromatic carbocycles. The first kappa shape index (κ1) is 16.3. The zero-order valence-electron chi connectivity index (χ0n) is 13.6. The Bertz CT molecular complexity index is 917. The summed E-state index contributed by atoms with van der Waals surface area (Å²) in [5, 5.41) is 10.5. The van der Waals surface area contributed by atoms with E-state index in [1.54, 1.807) is 31.2 Å². The summed E-state index contributed by atoms with van der Waals surface area (Å²) in [6, 6.07) is 10.9. The van der Waals surface area contributed by atoms with Gasteiger partial charge in [0.15, 0.2) is 11.6 Å². The Labute approximate surface area is 138 Å². The minimum absolute atomic E-state index is 0.0306. The summed E-state index contributed by atoms with van der Waals surface area (Å²) in [7, 11) is 0. The van der Waals surface area contributed by atoms with E-state index in [9.17, 15) is 13.9 Å². The SMILES string of the molecule is Cc1nc2ccccc2c(F)c1Oc1cccc(F)c1C(C)(C)O. The van der Waals surface area contributed by atoms with E-state index in [0.29, 0.717) is 16.6 Å². The topological polar surface area (TPSA) is 42.4 Å². The van der Waals surface area contributed by atoms with E-state index in [1.807, 2.05) is 0 Å². The molecule has 0 aliphatic heterocycles. The van der Waals surface area contributed by atoms with Crippen molar-refractivity contribution in [2.45, 2.75) is 26.4 Å². The van der Waals surface area contributed by atoms with Gasteiger partial charge in [-0.1, -0.05) is 18.2 Å². The summed E-state index contributed by atoms with van der Waals surface area (Å²) >= 11 is 0. The zero-order chi connectivity index (χ0) is 17.5. The summed E-state index contributed by atoms with van der Waals surface area (Å²) in [6.07, 6.45) is 0. The number of ether oxygens (including phenoxy) is 1. The highest BCUT2D eigenvalue weighted by molar-refractivity contribution is 5.81. The van der Waals surface area contributed by atoms with Gasteiger partial charge in [-0.05, 0) is 45.0 Å². The molecule has 0 aliphatic carbocycles. The molecule has 0 amide bonds. The number of halogens is 2. The Balaban J connectivity index is 2.17. The van der Waals surface area contributed by atoms with Crippen LogP contribution in [0.5, 0.6) is 11.5 Å². The number of nitrogens with zero attached hydrogens (tertiary/aromatic N) is 1. The van der Waals surface area contributed by atoms with Crippen molar-refractivity contribution in [1.82, 2.24) is 4.98 Å². The zero-order valence-corrected chi connectivity index (χ0v) is 13.6. The van der Waals surface area contributed by atoms with Crippen LogP contribution in [0, 0.1) is 18.6 Å². The molecule has 5 heteroatoms. The van der Waals surface area contributed by atoms with Crippen molar-refractivity contribution in [3.8, 4) is 11.5 Å². The third kappa shape index (κ3) is 2.83. The molecule has 0 bridgehead atoms. The standard InChI is InChI=1S/C19H17F2NO2/c1-11-18(17(21)12-7-4-5-9-14(12)22-11)24-15-10-6-8-13(20)16(15)19(2,3)23/h4-10,23H,1-3H3. The monoisotopic (exact) mass is 329 g/mol. The predicted octanol–water partition coefficient (Wildman–Crippen LogP) is 4.84. The lowest BCUT2D eigenvalue weighted by atomic mass is 9.96. The number of hydrogen-bond donors (Lipinski definition) is 1. The second-order valence-electron chi connectivity index (χ2n) is 6.13. The second-order valence-corrected chi connectivity index (χ2v) is 6.13. The Morgan fingerprint density at radius 1 is 1.04 bits per heavy atom. The number of aryl methyl sites for hydroxylation is 1. The molecule has 0 radical (unpaired) electrons. The molecule has 1 N–H and O–H groups in total. The van der Waals surface area contributed by atoms with Crippen molar-refractivity contribution in [3.63, 3.8) is 0 Å². The Hall–Kier alpha value is -2.53. The van der Waals surface area contributed by atoms with Crippen LogP contribution in [0.2, 0.25) is 0 Å². The molecule has 3 rings (SSSR count). The fraction of sp³-hybridized carbons (Fsp3) is 0.211. The van der Waals surface area contributed by atoms with Gasteiger partial charge in [-0.2, -0.15) is 0 Å². The van der Waals surface area contributed by atoms with Crippen molar-refractivity contribution in [3.05, 3.63) is 65.4 Å². The van der Waals surface area contributed by atoms with Crippen molar-refractivity contribution in [1.29, 1.82) is 0 Å². The highest BCUT2D eigenvalue weighted by Gasteiger charge is 2.27. The van der Waals surface area contributed by atoms with E-state index >= 15 is 0 Å². The van der Waals surface area contributed by atoms with Crippen molar-refractivity contribution >= 4 is 10.9 Å². The second kappa shape index (κ2) is 5.83. The van der Waals surface area contributed by atoms with E-state index in [2.05, 4.69) is 4.98 Å². The van der Waals surface area contributed by atoms with Crippen LogP contribution >= 0.6 is 0 Å². The first-order chi connectivity index (χ1) is 11.3. The molecule has 1 heterocycles. The average molecular weight is 329 g/mol. The molecule has 0 aliphatic rings. The normalized spacial score (nSPS) is 11.8. The molecular weight excluding hydrogens is 312 g/mol. The Kier molecular flexibility index (Phi) is 3.97. The lowest BCUT2D eigenvalue weighted by molar-refractivity contribution is 0.0719. The highest BCUT2D eigenvalue weighted by atomic mass is 19.1. The number of fused-ring (bicyclic) bond motifs is 1. The van der Waals surface area contributed by atoms with Crippen LogP contribution in [0.4, 0.5) is 8.78 Å². The lowest BCUT2D eigenvalue weighted by Crippen LogP contribution is -2.19. The van der Waals surface area contributed by atoms with Gasteiger partial charge in [-0.15, -0.1) is 0 Å². The minimum Gasteiger partial charge on any atom is -0.452 e. The van der Waals surface area contributed by atoms with Crippen LogP contribution in [0.25, 0.3) is 10.9 Å². The predicted molar refractivity (Wildman–Crippen MR) is 88.2 cm³/mol. The first-order valence-corrected chi connectivity index (χ1v) is 7.53. The quantitative estimate of drug-likeness (QED) is 0.747. The molecule has 0 saturated heterocycles. The largest absolute Gasteiger partial charge is 0.452 e. The van der Waals surface area contributed by atoms with Gasteiger partial charge in [-0.3, -0.25) is 0 Å². The van der Waals surface area contributed by atoms with Gasteiger partial charge in [0.05, 0.1) is 22.4 Å². The molecule has 0 fully saturated rings. The summed E-state index contributed by atoms with van der Waals surface area (Å²) in [4.78, 5) is 4.33. The van der Waals surface area contributed by atoms with E-state index in [4.69, 9.17) is 4.74 Å². The summed E-state index contributed by atoms with van der Waals surface area (Å²) in [6.45, 7) is 4.51. The maximum Gasteiger partial charge on any atom is 0.184 e. The van der Waals surface area contributed by atoms with Gasteiger partial charge in [0, 0.05) is 5.39 Å². The summed E-state index contributed by atoms with van der Waals surface area (Å²) < 4.78 is 34.6. The Morgan fingerprint density at radius 3 is 2.46 bits per heavy atom. The molecule has 1 aromatic heterocycles. The molecule has 0 spiro atoms. The van der Waals surface area contributed by atoms with Crippen molar-refractivity contribution < 1.29 is 18.6 Å². The summed E-state index contributed by atoms with van der Waals surface area (Å²) in [5.41, 5.74) is -0.647. The number of aliphatic hydroxyl groups is 1. The molecule has 3 nitrogen and oxygen atoms in total. The number of pyridine rings is 1. The van der Waals surface area contributed by atoms with E-state index in [1.165, 1.54) is 32.0 Å². The number of aromatic nitrogens is 1. The molecule has 3 aromatic rings. The van der Waals surface area contributed by atoms with Gasteiger partial charge in [0.2, 0.25) is 0 Å². The van der Waals surface area contributed by atoms with Gasteiger partial charge in [-0.25, -0.2) is 13.8 Å². The van der Waals surface area contributed by atoms with Gasteiger partial charge >= 0.3 is 0 Å². The third-order valence-electron chi connectivity index (χ3n) is 3.76. The van der Waals surface area contributed by atoms with E-state index in [0.717, 1.165) is 0 Å². The van der Waals surface area contributed by atoms with E-state index in [-0.39, 0.29) is 17.1 Å². The number of para-hydroxylation sites is 1. The maximum absolute atomic E-state index is 14.8. The summed E-state index contributed by atoms with van der Waals surface area (Å²) in [5.74, 6) is -1.21. The van der Waals surface area contributed by atoms with Crippen molar-refractivity contribution in [2.24, 2.45) is 0 Å². The lowest BCUT2D eigenvalue weighted by Gasteiger charge is -2.22. The Morgan fingerprint density at radius 2 is 1.75 bits per heavy atom. The fourth-order valence-electron chi connectivity index (χ4n) is 2.68. The van der Waals surface area contributed by atoms with Crippen LogP contribution < -0.4 is 4.74 Å². The third-order valence-corrected chi connectivity index (χ3v) is 3.76. The van der Waals surface area contributed by atoms with Crippen LogP contribution in [-0.4, -0.2) is 10.1 Å². The van der Waals surface area contributed by atoms with Crippen LogP contribution in [0.3, 0.4) is 0 Å². The molecule has 24 heavy (non-hydrogen) atoms. The molecule has 0 atom stereocenters. The molecule has 124 valence electrons. The molecule has 0 saturated carbocycles. The molecular formula is C19H17F2NO2. The smallest absolute Gasteiger partial charge is 0.184 e. The van der Waals surface area contributed by atoms with Gasteiger partial charge < -0.3 is 9.84 Å². The van der Waals surface area contributed by atoms with Gasteiger partial charge in [0.1, 0.15) is 11.6 Å². The fourth-order valence-corrected chi connectivity index (χ4v) is 2.68. The number of benzene rings is 2. The van der Waals surface area contributed by atoms with E-state index < -0.39 is 17.2 Å². The highest BCUT2D eigenvalue weighted by Crippen LogP contribution is 2.37. The van der Waals surface area contributed by atoms with Crippen LogP contribution in [0.15, 0.2) is 42.5 Å².